The van der Waals surface area contributed by atoms with Gasteiger partial charge < -0.3 is 0 Å². The maximum Gasteiger partial charge on any atom is 0.435 e. The van der Waals surface area contributed by atoms with E-state index in [9.17, 15) is 17.6 Å². The van der Waals surface area contributed by atoms with E-state index in [-0.39, 0.29) is 13.0 Å². The van der Waals surface area contributed by atoms with Crippen LogP contribution in [0.3, 0.4) is 0 Å². The quantitative estimate of drug-likeness (QED) is 0.678. The molecule has 0 atom stereocenters. The summed E-state index contributed by atoms with van der Waals surface area (Å²) < 4.78 is 48.7. The predicted octanol–water partition coefficient (Wildman–Crippen LogP) is 2.26. The van der Waals surface area contributed by atoms with E-state index in [2.05, 4.69) is 5.10 Å². The largest absolute Gasteiger partial charge is 0.435 e. The Hall–Kier alpha value is -1.07. The van der Waals surface area contributed by atoms with E-state index in [1.165, 1.54) is 6.20 Å². The zero-order chi connectivity index (χ0) is 9.90. The number of rotatable bonds is 3. The van der Waals surface area contributed by atoms with Gasteiger partial charge in [0.25, 0.3) is 0 Å². The number of alkyl halides is 4. The number of nitrogens with zero attached hydrogens (tertiary/aromatic N) is 2. The molecule has 1 heterocycles. The fourth-order valence-corrected chi connectivity index (χ4v) is 0.859. The van der Waals surface area contributed by atoms with Crippen molar-refractivity contribution in [2.24, 2.45) is 0 Å². The van der Waals surface area contributed by atoms with Crippen molar-refractivity contribution in [2.45, 2.75) is 19.1 Å². The molecule has 0 unspecified atom stereocenters. The molecule has 0 spiro atoms. The second kappa shape index (κ2) is 3.76. The van der Waals surface area contributed by atoms with Crippen LogP contribution in [0.2, 0.25) is 0 Å². The molecular weight excluding hydrogens is 188 g/mol. The minimum atomic E-state index is -4.42. The molecule has 0 fully saturated rings. The van der Waals surface area contributed by atoms with E-state index in [0.717, 1.165) is 10.7 Å². The van der Waals surface area contributed by atoms with Gasteiger partial charge in [0.15, 0.2) is 5.69 Å². The summed E-state index contributed by atoms with van der Waals surface area (Å²) in [4.78, 5) is 0. The number of aromatic nitrogens is 2. The van der Waals surface area contributed by atoms with Crippen LogP contribution >= 0.6 is 0 Å². The first kappa shape index (κ1) is 10.0. The molecule has 0 amide bonds. The molecule has 1 aromatic rings. The van der Waals surface area contributed by atoms with Crippen molar-refractivity contribution in [1.82, 2.24) is 9.78 Å². The number of aryl methyl sites for hydroxylation is 1. The van der Waals surface area contributed by atoms with Crippen LogP contribution in [0, 0.1) is 0 Å². The van der Waals surface area contributed by atoms with Crippen LogP contribution in [0.15, 0.2) is 12.3 Å². The average molecular weight is 196 g/mol. The highest BCUT2D eigenvalue weighted by Crippen LogP contribution is 2.27. The highest BCUT2D eigenvalue weighted by molar-refractivity contribution is 5.02. The molecule has 0 aliphatic heterocycles. The molecule has 1 aromatic heterocycles. The van der Waals surface area contributed by atoms with Gasteiger partial charge in [-0.05, 0) is 12.5 Å². The fourth-order valence-electron chi connectivity index (χ4n) is 0.859. The van der Waals surface area contributed by atoms with Gasteiger partial charge in [-0.3, -0.25) is 9.07 Å². The van der Waals surface area contributed by atoms with Crippen molar-refractivity contribution in [3.8, 4) is 0 Å². The Bertz CT molecular complexity index is 266. The Morgan fingerprint density at radius 2 is 2.08 bits per heavy atom. The third kappa shape index (κ3) is 2.71. The van der Waals surface area contributed by atoms with Gasteiger partial charge in [0.2, 0.25) is 0 Å². The van der Waals surface area contributed by atoms with Gasteiger partial charge in [-0.1, -0.05) is 0 Å². The second-order valence-electron chi connectivity index (χ2n) is 2.50. The highest BCUT2D eigenvalue weighted by Gasteiger charge is 2.33. The molecule has 0 radical (unpaired) electrons. The summed E-state index contributed by atoms with van der Waals surface area (Å²) in [7, 11) is 0. The molecule has 0 bridgehead atoms. The molecule has 74 valence electrons. The standard InChI is InChI=1S/C7H8F4N2/c8-3-1-4-13-5-2-6(12-13)7(9,10)11/h2,5H,1,3-4H2. The van der Waals surface area contributed by atoms with Gasteiger partial charge in [-0.25, -0.2) is 0 Å². The third-order valence-corrected chi connectivity index (χ3v) is 1.45. The first-order chi connectivity index (χ1) is 6.04. The van der Waals surface area contributed by atoms with E-state index in [1.54, 1.807) is 0 Å². The summed E-state index contributed by atoms with van der Waals surface area (Å²) in [6.07, 6.45) is -3.04. The molecular formula is C7H8F4N2. The molecule has 0 saturated heterocycles. The lowest BCUT2D eigenvalue weighted by atomic mass is 10.4. The van der Waals surface area contributed by atoms with E-state index in [4.69, 9.17) is 0 Å². The molecule has 6 heteroatoms. The summed E-state index contributed by atoms with van der Waals surface area (Å²) in [5.74, 6) is 0. The van der Waals surface area contributed by atoms with Crippen molar-refractivity contribution >= 4 is 0 Å². The summed E-state index contributed by atoms with van der Waals surface area (Å²) in [5, 5.41) is 3.24. The fraction of sp³-hybridized carbons (Fsp3) is 0.571. The zero-order valence-corrected chi connectivity index (χ0v) is 6.68. The highest BCUT2D eigenvalue weighted by atomic mass is 19.4. The lowest BCUT2D eigenvalue weighted by Gasteiger charge is -2.01. The smallest absolute Gasteiger partial charge is 0.272 e. The molecule has 2 nitrogen and oxygen atoms in total. The molecule has 0 N–H and O–H groups in total. The van der Waals surface area contributed by atoms with E-state index >= 15 is 0 Å². The van der Waals surface area contributed by atoms with Crippen molar-refractivity contribution in [1.29, 1.82) is 0 Å². The molecule has 0 aromatic carbocycles. The van der Waals surface area contributed by atoms with Gasteiger partial charge >= 0.3 is 6.18 Å². The van der Waals surface area contributed by atoms with Crippen molar-refractivity contribution < 1.29 is 17.6 Å². The number of halogens is 4. The summed E-state index contributed by atoms with van der Waals surface area (Å²) >= 11 is 0. The van der Waals surface area contributed by atoms with E-state index in [0.29, 0.717) is 0 Å². The maximum absolute atomic E-state index is 12.0. The lowest BCUT2D eigenvalue weighted by Crippen LogP contribution is -2.08. The topological polar surface area (TPSA) is 17.8 Å². The minimum absolute atomic E-state index is 0.173. The molecule has 0 aliphatic rings. The zero-order valence-electron chi connectivity index (χ0n) is 6.68. The van der Waals surface area contributed by atoms with Crippen molar-refractivity contribution in [2.75, 3.05) is 6.67 Å². The van der Waals surface area contributed by atoms with Crippen LogP contribution in [0.1, 0.15) is 12.1 Å². The molecule has 13 heavy (non-hydrogen) atoms. The summed E-state index contributed by atoms with van der Waals surface area (Å²) in [6, 6.07) is 0.873. The number of hydrogen-bond donors (Lipinski definition) is 0. The third-order valence-electron chi connectivity index (χ3n) is 1.45. The Balaban J connectivity index is 2.64. The maximum atomic E-state index is 12.0. The van der Waals surface area contributed by atoms with Gasteiger partial charge in [-0.2, -0.15) is 18.3 Å². The second-order valence-corrected chi connectivity index (χ2v) is 2.50. The van der Waals surface area contributed by atoms with Gasteiger partial charge in [-0.15, -0.1) is 0 Å². The Morgan fingerprint density at radius 1 is 1.38 bits per heavy atom. The predicted molar refractivity (Wildman–Crippen MR) is 37.8 cm³/mol. The lowest BCUT2D eigenvalue weighted by molar-refractivity contribution is -0.141. The van der Waals surface area contributed by atoms with Crippen LogP contribution in [-0.4, -0.2) is 16.5 Å². The van der Waals surface area contributed by atoms with Gasteiger partial charge in [0.1, 0.15) is 0 Å². The molecule has 0 aliphatic carbocycles. The summed E-state index contributed by atoms with van der Waals surface area (Å²) in [6.45, 7) is -0.381. The molecule has 1 rings (SSSR count). The summed E-state index contributed by atoms with van der Waals surface area (Å²) in [5.41, 5.74) is -0.939. The monoisotopic (exact) mass is 196 g/mol. The first-order valence-corrected chi connectivity index (χ1v) is 3.70. The SMILES string of the molecule is FCCCn1ccc(C(F)(F)F)n1. The normalized spacial score (nSPS) is 12.0. The van der Waals surface area contributed by atoms with E-state index in [1.807, 2.05) is 0 Å². The van der Waals surface area contributed by atoms with Crippen LogP contribution < -0.4 is 0 Å². The van der Waals surface area contributed by atoms with Crippen LogP contribution in [0.25, 0.3) is 0 Å². The number of hydrogen-bond acceptors (Lipinski definition) is 1. The Kier molecular flexibility index (Phi) is 2.90. The first-order valence-electron chi connectivity index (χ1n) is 3.70. The van der Waals surface area contributed by atoms with Crippen LogP contribution in [-0.2, 0) is 12.7 Å². The Morgan fingerprint density at radius 3 is 2.54 bits per heavy atom. The molecule has 0 saturated carbocycles. The van der Waals surface area contributed by atoms with Crippen molar-refractivity contribution in [3.63, 3.8) is 0 Å². The van der Waals surface area contributed by atoms with Crippen LogP contribution in [0.4, 0.5) is 17.6 Å². The Labute approximate surface area is 72.2 Å². The van der Waals surface area contributed by atoms with Gasteiger partial charge in [0.05, 0.1) is 6.67 Å². The van der Waals surface area contributed by atoms with Crippen molar-refractivity contribution in [3.05, 3.63) is 18.0 Å². The van der Waals surface area contributed by atoms with Crippen LogP contribution in [0.5, 0.6) is 0 Å². The average Bonchev–Trinajstić information content (AvgIpc) is 2.47. The van der Waals surface area contributed by atoms with Gasteiger partial charge in [0, 0.05) is 12.7 Å². The minimum Gasteiger partial charge on any atom is -0.272 e. The van der Waals surface area contributed by atoms with E-state index < -0.39 is 18.5 Å².